The van der Waals surface area contributed by atoms with Crippen LogP contribution in [0.2, 0.25) is 0 Å². The molecule has 1 rings (SSSR count). The third-order valence-electron chi connectivity index (χ3n) is 2.70. The normalized spacial score (nSPS) is 35.5. The lowest BCUT2D eigenvalue weighted by Gasteiger charge is -2.25. The van der Waals surface area contributed by atoms with Crippen molar-refractivity contribution in [2.45, 2.75) is 44.1 Å². The van der Waals surface area contributed by atoms with Gasteiger partial charge in [0.1, 0.15) is 12.2 Å². The summed E-state index contributed by atoms with van der Waals surface area (Å²) in [5.41, 5.74) is 0. The molecule has 4 atom stereocenters. The second-order valence-electron chi connectivity index (χ2n) is 4.13. The third kappa shape index (κ3) is 3.41. The maximum absolute atomic E-state index is 11.4. The lowest BCUT2D eigenvalue weighted by atomic mass is 10.0. The zero-order valence-electron chi connectivity index (χ0n) is 9.39. The van der Waals surface area contributed by atoms with E-state index in [1.807, 2.05) is 6.92 Å². The van der Waals surface area contributed by atoms with Crippen LogP contribution in [0.1, 0.15) is 19.8 Å². The second kappa shape index (κ2) is 6.15. The highest BCUT2D eigenvalue weighted by molar-refractivity contribution is 5.76. The van der Waals surface area contributed by atoms with Crippen molar-refractivity contribution in [2.24, 2.45) is 0 Å². The average molecular weight is 232 g/mol. The largest absolute Gasteiger partial charge is 0.389 e. The SMILES string of the molecule is CCCC(=O)N[C@H]1CNC[C@H](O)[C@@H](O)[C@@H]1O. The van der Waals surface area contributed by atoms with E-state index in [0.717, 1.165) is 6.42 Å². The second-order valence-corrected chi connectivity index (χ2v) is 4.13. The Morgan fingerprint density at radius 1 is 1.31 bits per heavy atom. The van der Waals surface area contributed by atoms with Crippen LogP contribution in [0.5, 0.6) is 0 Å². The maximum atomic E-state index is 11.4. The predicted octanol–water partition coefficient (Wildman–Crippen LogP) is -2.04. The fourth-order valence-electron chi connectivity index (χ4n) is 1.74. The lowest BCUT2D eigenvalue weighted by Crippen LogP contribution is -2.52. The molecule has 6 nitrogen and oxygen atoms in total. The van der Waals surface area contributed by atoms with E-state index < -0.39 is 24.4 Å². The molecular formula is C10H20N2O4. The van der Waals surface area contributed by atoms with E-state index in [0.29, 0.717) is 13.0 Å². The monoisotopic (exact) mass is 232 g/mol. The van der Waals surface area contributed by atoms with Crippen LogP contribution in [0.25, 0.3) is 0 Å². The number of nitrogens with one attached hydrogen (secondary N) is 2. The number of rotatable bonds is 3. The molecule has 0 spiro atoms. The standard InChI is InChI=1S/C10H20N2O4/c1-2-3-8(14)12-6-4-11-5-7(13)10(16)9(6)15/h6-7,9-11,13,15-16H,2-5H2,1H3,(H,12,14)/t6-,7-,9+,10+/m0/s1. The summed E-state index contributed by atoms with van der Waals surface area (Å²) in [6.07, 6.45) is -2.27. The first-order valence-corrected chi connectivity index (χ1v) is 5.60. The highest BCUT2D eigenvalue weighted by Crippen LogP contribution is 2.08. The molecule has 0 aromatic rings. The maximum Gasteiger partial charge on any atom is 0.220 e. The van der Waals surface area contributed by atoms with Crippen LogP contribution in [-0.4, -0.2) is 58.7 Å². The molecule has 16 heavy (non-hydrogen) atoms. The molecule has 1 aliphatic heterocycles. The summed E-state index contributed by atoms with van der Waals surface area (Å²) >= 11 is 0. The molecule has 0 aromatic carbocycles. The molecule has 1 aliphatic rings. The Bertz CT molecular complexity index is 237. The van der Waals surface area contributed by atoms with Gasteiger partial charge >= 0.3 is 0 Å². The number of carbonyl (C=O) groups is 1. The first kappa shape index (κ1) is 13.4. The molecule has 94 valence electrons. The molecule has 0 bridgehead atoms. The van der Waals surface area contributed by atoms with Crippen molar-refractivity contribution in [1.82, 2.24) is 10.6 Å². The Morgan fingerprint density at radius 3 is 2.62 bits per heavy atom. The van der Waals surface area contributed by atoms with E-state index in [-0.39, 0.29) is 12.5 Å². The van der Waals surface area contributed by atoms with E-state index in [4.69, 9.17) is 0 Å². The molecule has 0 aromatic heterocycles. The lowest BCUT2D eigenvalue weighted by molar-refractivity contribution is -0.124. The van der Waals surface area contributed by atoms with Crippen LogP contribution in [0.3, 0.4) is 0 Å². The van der Waals surface area contributed by atoms with Crippen molar-refractivity contribution in [3.05, 3.63) is 0 Å². The zero-order valence-corrected chi connectivity index (χ0v) is 9.39. The number of β-amino-alcohol motifs (C(OH)–C–C–N with tert-alkyl or cyclic N) is 1. The summed E-state index contributed by atoms with van der Waals surface area (Å²) in [7, 11) is 0. The minimum absolute atomic E-state index is 0.156. The number of hydrogen-bond acceptors (Lipinski definition) is 5. The fraction of sp³-hybridized carbons (Fsp3) is 0.900. The van der Waals surface area contributed by atoms with Crippen molar-refractivity contribution >= 4 is 5.91 Å². The van der Waals surface area contributed by atoms with Crippen molar-refractivity contribution in [1.29, 1.82) is 0 Å². The molecule has 0 radical (unpaired) electrons. The van der Waals surface area contributed by atoms with Gasteiger partial charge in [0.2, 0.25) is 5.91 Å². The van der Waals surface area contributed by atoms with Gasteiger partial charge in [-0.05, 0) is 6.42 Å². The summed E-state index contributed by atoms with van der Waals surface area (Å²) in [5, 5.41) is 34.2. The number of hydrogen-bond donors (Lipinski definition) is 5. The topological polar surface area (TPSA) is 102 Å². The Hall–Kier alpha value is -0.690. The molecular weight excluding hydrogens is 212 g/mol. The molecule has 6 heteroatoms. The van der Waals surface area contributed by atoms with Crippen LogP contribution < -0.4 is 10.6 Å². The quantitative estimate of drug-likeness (QED) is 0.386. The predicted molar refractivity (Wildman–Crippen MR) is 57.7 cm³/mol. The molecule has 1 heterocycles. The van der Waals surface area contributed by atoms with E-state index >= 15 is 0 Å². The number of carbonyl (C=O) groups excluding carboxylic acids is 1. The van der Waals surface area contributed by atoms with Gasteiger partial charge in [-0.3, -0.25) is 4.79 Å². The van der Waals surface area contributed by atoms with E-state index in [9.17, 15) is 20.1 Å². The minimum Gasteiger partial charge on any atom is -0.389 e. The molecule has 5 N–H and O–H groups in total. The van der Waals surface area contributed by atoms with Crippen LogP contribution >= 0.6 is 0 Å². The van der Waals surface area contributed by atoms with E-state index in [1.54, 1.807) is 0 Å². The molecule has 0 unspecified atom stereocenters. The highest BCUT2D eigenvalue weighted by Gasteiger charge is 2.34. The number of amides is 1. The van der Waals surface area contributed by atoms with Crippen LogP contribution in [0.15, 0.2) is 0 Å². The summed E-state index contributed by atoms with van der Waals surface area (Å²) in [5.74, 6) is -0.156. The minimum atomic E-state index is -1.23. The summed E-state index contributed by atoms with van der Waals surface area (Å²) in [6, 6.07) is -0.564. The Balaban J connectivity index is 2.54. The Labute approximate surface area is 94.7 Å². The fourth-order valence-corrected chi connectivity index (χ4v) is 1.74. The molecule has 1 amide bonds. The van der Waals surface area contributed by atoms with Gasteiger partial charge in [-0.25, -0.2) is 0 Å². The molecule has 1 fully saturated rings. The molecule has 0 aliphatic carbocycles. The molecule has 1 saturated heterocycles. The van der Waals surface area contributed by atoms with Gasteiger partial charge in [-0.1, -0.05) is 6.92 Å². The summed E-state index contributed by atoms with van der Waals surface area (Å²) in [4.78, 5) is 11.4. The van der Waals surface area contributed by atoms with Crippen molar-refractivity contribution in [2.75, 3.05) is 13.1 Å². The Kier molecular flexibility index (Phi) is 5.14. The van der Waals surface area contributed by atoms with Gasteiger partial charge < -0.3 is 26.0 Å². The number of aliphatic hydroxyl groups is 3. The third-order valence-corrected chi connectivity index (χ3v) is 2.70. The Morgan fingerprint density at radius 2 is 2.00 bits per heavy atom. The van der Waals surface area contributed by atoms with Gasteiger partial charge in [-0.2, -0.15) is 0 Å². The van der Waals surface area contributed by atoms with Crippen LogP contribution in [0, 0.1) is 0 Å². The zero-order chi connectivity index (χ0) is 12.1. The van der Waals surface area contributed by atoms with Gasteiger partial charge in [-0.15, -0.1) is 0 Å². The highest BCUT2D eigenvalue weighted by atomic mass is 16.4. The molecule has 0 saturated carbocycles. The van der Waals surface area contributed by atoms with Gasteiger partial charge in [0.05, 0.1) is 12.1 Å². The van der Waals surface area contributed by atoms with Crippen LogP contribution in [0.4, 0.5) is 0 Å². The average Bonchev–Trinajstić information content (AvgIpc) is 2.35. The van der Waals surface area contributed by atoms with Gasteiger partial charge in [0.15, 0.2) is 0 Å². The first-order valence-electron chi connectivity index (χ1n) is 5.60. The van der Waals surface area contributed by atoms with Gasteiger partial charge in [0, 0.05) is 19.5 Å². The van der Waals surface area contributed by atoms with E-state index in [1.165, 1.54) is 0 Å². The van der Waals surface area contributed by atoms with Crippen molar-refractivity contribution < 1.29 is 20.1 Å². The van der Waals surface area contributed by atoms with E-state index in [2.05, 4.69) is 10.6 Å². The van der Waals surface area contributed by atoms with Crippen molar-refractivity contribution in [3.63, 3.8) is 0 Å². The summed E-state index contributed by atoms with van der Waals surface area (Å²) < 4.78 is 0. The number of aliphatic hydroxyl groups excluding tert-OH is 3. The van der Waals surface area contributed by atoms with Crippen LogP contribution in [-0.2, 0) is 4.79 Å². The van der Waals surface area contributed by atoms with Crippen molar-refractivity contribution in [3.8, 4) is 0 Å². The summed E-state index contributed by atoms with van der Waals surface area (Å²) in [6.45, 7) is 2.43. The van der Waals surface area contributed by atoms with Gasteiger partial charge in [0.25, 0.3) is 0 Å². The smallest absolute Gasteiger partial charge is 0.220 e. The first-order chi connectivity index (χ1) is 7.56.